The number of hydrogen-bond acceptors (Lipinski definition) is 5. The summed E-state index contributed by atoms with van der Waals surface area (Å²) in [5, 5.41) is 14.6. The van der Waals surface area contributed by atoms with E-state index < -0.39 is 0 Å². The van der Waals surface area contributed by atoms with Crippen LogP contribution in [0.2, 0.25) is 0 Å². The lowest BCUT2D eigenvalue weighted by Crippen LogP contribution is -2.20. The van der Waals surface area contributed by atoms with Crippen LogP contribution >= 0.6 is 27.7 Å². The van der Waals surface area contributed by atoms with Crippen LogP contribution in [0.1, 0.15) is 0 Å². The predicted molar refractivity (Wildman–Crippen MR) is 71.6 cm³/mol. The Morgan fingerprint density at radius 1 is 1.44 bits per heavy atom. The fourth-order valence-corrected chi connectivity index (χ4v) is 2.24. The molecule has 0 unspecified atom stereocenters. The van der Waals surface area contributed by atoms with Crippen molar-refractivity contribution in [1.29, 1.82) is 0 Å². The Balaban J connectivity index is 2.17. The number of aromatic nitrogens is 4. The average Bonchev–Trinajstić information content (AvgIpc) is 2.85. The van der Waals surface area contributed by atoms with Gasteiger partial charge in [0.2, 0.25) is 11.1 Å². The summed E-state index contributed by atoms with van der Waals surface area (Å²) in [7, 11) is 1.60. The normalized spacial score (nSPS) is 10.3. The highest BCUT2D eigenvalue weighted by Gasteiger charge is 2.10. The number of nitrogens with zero attached hydrogens (tertiary/aromatic N) is 4. The van der Waals surface area contributed by atoms with Gasteiger partial charge in [-0.05, 0) is 34.7 Å². The third-order valence-corrected chi connectivity index (χ3v) is 3.57. The first-order chi connectivity index (χ1) is 8.70. The summed E-state index contributed by atoms with van der Waals surface area (Å²) < 4.78 is 2.58. The highest BCUT2D eigenvalue weighted by Crippen LogP contribution is 2.19. The standard InChI is InChI=1S/C10H10BrN5OS/c1-12-9(17)6-18-10-13-14-15-16(10)8-4-2-7(11)3-5-8/h2-5H,6H2,1H3,(H,12,17). The highest BCUT2D eigenvalue weighted by atomic mass is 79.9. The Hall–Kier alpha value is -1.41. The Morgan fingerprint density at radius 3 is 2.83 bits per heavy atom. The predicted octanol–water partition coefficient (Wildman–Crippen LogP) is 1.26. The van der Waals surface area contributed by atoms with E-state index in [2.05, 4.69) is 36.8 Å². The smallest absolute Gasteiger partial charge is 0.230 e. The zero-order chi connectivity index (χ0) is 13.0. The maximum absolute atomic E-state index is 11.2. The Labute approximate surface area is 116 Å². The summed E-state index contributed by atoms with van der Waals surface area (Å²) >= 11 is 4.66. The van der Waals surface area contributed by atoms with Gasteiger partial charge >= 0.3 is 0 Å². The van der Waals surface area contributed by atoms with Crippen LogP contribution < -0.4 is 5.32 Å². The van der Waals surface area contributed by atoms with Crippen molar-refractivity contribution in [2.75, 3.05) is 12.8 Å². The van der Waals surface area contributed by atoms with Gasteiger partial charge in [0.15, 0.2) is 0 Å². The quantitative estimate of drug-likeness (QED) is 0.856. The van der Waals surface area contributed by atoms with Crippen LogP contribution in [0.15, 0.2) is 33.9 Å². The molecule has 0 atom stereocenters. The van der Waals surface area contributed by atoms with E-state index in [1.807, 2.05) is 24.3 Å². The van der Waals surface area contributed by atoms with E-state index in [1.54, 1.807) is 11.7 Å². The lowest BCUT2D eigenvalue weighted by Gasteiger charge is -2.03. The van der Waals surface area contributed by atoms with Gasteiger partial charge in [0, 0.05) is 11.5 Å². The molecule has 1 amide bonds. The molecule has 8 heteroatoms. The largest absolute Gasteiger partial charge is 0.358 e. The summed E-state index contributed by atoms with van der Waals surface area (Å²) in [5.74, 6) is 0.221. The van der Waals surface area contributed by atoms with Crippen molar-refractivity contribution in [2.45, 2.75) is 5.16 Å². The summed E-state index contributed by atoms with van der Waals surface area (Å²) in [6.07, 6.45) is 0. The first-order valence-corrected chi connectivity index (χ1v) is 6.86. The number of carbonyl (C=O) groups is 1. The van der Waals surface area contributed by atoms with Gasteiger partial charge in [0.1, 0.15) is 0 Å². The van der Waals surface area contributed by atoms with Gasteiger partial charge in [-0.1, -0.05) is 27.7 Å². The number of thioether (sulfide) groups is 1. The van der Waals surface area contributed by atoms with E-state index in [-0.39, 0.29) is 11.7 Å². The van der Waals surface area contributed by atoms with Crippen molar-refractivity contribution in [2.24, 2.45) is 0 Å². The number of nitrogens with one attached hydrogen (secondary N) is 1. The van der Waals surface area contributed by atoms with E-state index >= 15 is 0 Å². The first kappa shape index (κ1) is 13.0. The first-order valence-electron chi connectivity index (χ1n) is 5.08. The van der Waals surface area contributed by atoms with Gasteiger partial charge in [-0.3, -0.25) is 4.79 Å². The number of amides is 1. The fourth-order valence-electron chi connectivity index (χ4n) is 1.22. The zero-order valence-corrected chi connectivity index (χ0v) is 11.9. The summed E-state index contributed by atoms with van der Waals surface area (Å²) in [4.78, 5) is 11.2. The number of tetrazole rings is 1. The number of rotatable bonds is 4. The van der Waals surface area contributed by atoms with E-state index in [1.165, 1.54) is 11.8 Å². The monoisotopic (exact) mass is 327 g/mol. The van der Waals surface area contributed by atoms with E-state index in [9.17, 15) is 4.79 Å². The molecule has 0 fully saturated rings. The molecule has 1 N–H and O–H groups in total. The zero-order valence-electron chi connectivity index (χ0n) is 9.50. The molecule has 0 bridgehead atoms. The molecule has 6 nitrogen and oxygen atoms in total. The van der Waals surface area contributed by atoms with Crippen molar-refractivity contribution in [1.82, 2.24) is 25.5 Å². The van der Waals surface area contributed by atoms with Crippen LogP contribution in [0.25, 0.3) is 5.69 Å². The average molecular weight is 328 g/mol. The van der Waals surface area contributed by atoms with Gasteiger partial charge in [-0.2, -0.15) is 4.68 Å². The minimum atomic E-state index is -0.0645. The summed E-state index contributed by atoms with van der Waals surface area (Å²) in [6, 6.07) is 7.60. The number of hydrogen-bond donors (Lipinski definition) is 1. The highest BCUT2D eigenvalue weighted by molar-refractivity contribution is 9.10. The van der Waals surface area contributed by atoms with Crippen molar-refractivity contribution in [3.05, 3.63) is 28.7 Å². The SMILES string of the molecule is CNC(=O)CSc1nnnn1-c1ccc(Br)cc1. The Morgan fingerprint density at radius 2 is 2.17 bits per heavy atom. The van der Waals surface area contributed by atoms with Gasteiger partial charge in [-0.15, -0.1) is 5.10 Å². The van der Waals surface area contributed by atoms with Gasteiger partial charge in [-0.25, -0.2) is 0 Å². The molecule has 0 saturated carbocycles. The molecule has 0 spiro atoms. The van der Waals surface area contributed by atoms with E-state index in [0.717, 1.165) is 10.2 Å². The summed E-state index contributed by atoms with van der Waals surface area (Å²) in [5.41, 5.74) is 0.850. The molecule has 0 aliphatic carbocycles. The molecule has 2 rings (SSSR count). The molecular formula is C10H10BrN5OS. The molecule has 18 heavy (non-hydrogen) atoms. The van der Waals surface area contributed by atoms with Crippen LogP contribution in [0, 0.1) is 0 Å². The van der Waals surface area contributed by atoms with Crippen LogP contribution in [0.3, 0.4) is 0 Å². The van der Waals surface area contributed by atoms with Crippen LogP contribution in [0.5, 0.6) is 0 Å². The van der Waals surface area contributed by atoms with Crippen molar-refractivity contribution < 1.29 is 4.79 Å². The minimum Gasteiger partial charge on any atom is -0.358 e. The van der Waals surface area contributed by atoms with Crippen LogP contribution in [-0.2, 0) is 4.79 Å². The molecule has 2 aromatic rings. The second kappa shape index (κ2) is 5.96. The van der Waals surface area contributed by atoms with Crippen molar-refractivity contribution in [3.8, 4) is 5.69 Å². The Kier molecular flexibility index (Phi) is 4.32. The molecule has 0 radical (unpaired) electrons. The number of halogens is 1. The van der Waals surface area contributed by atoms with Crippen molar-refractivity contribution >= 4 is 33.6 Å². The minimum absolute atomic E-state index is 0.0645. The van der Waals surface area contributed by atoms with Crippen LogP contribution in [-0.4, -0.2) is 38.9 Å². The number of carbonyl (C=O) groups excluding carboxylic acids is 1. The molecule has 0 aliphatic rings. The fraction of sp³-hybridized carbons (Fsp3) is 0.200. The topological polar surface area (TPSA) is 72.7 Å². The molecule has 94 valence electrons. The summed E-state index contributed by atoms with van der Waals surface area (Å²) in [6.45, 7) is 0. The molecule has 1 aromatic heterocycles. The lowest BCUT2D eigenvalue weighted by molar-refractivity contribution is -0.118. The lowest BCUT2D eigenvalue weighted by atomic mass is 10.3. The molecule has 1 heterocycles. The Bertz CT molecular complexity index is 541. The second-order valence-corrected chi connectivity index (χ2v) is 5.17. The second-order valence-electron chi connectivity index (χ2n) is 3.31. The van der Waals surface area contributed by atoms with Gasteiger partial charge in [0.25, 0.3) is 0 Å². The van der Waals surface area contributed by atoms with E-state index in [0.29, 0.717) is 5.16 Å². The molecule has 0 saturated heterocycles. The van der Waals surface area contributed by atoms with Crippen LogP contribution in [0.4, 0.5) is 0 Å². The van der Waals surface area contributed by atoms with Crippen molar-refractivity contribution in [3.63, 3.8) is 0 Å². The van der Waals surface area contributed by atoms with E-state index in [4.69, 9.17) is 0 Å². The maximum Gasteiger partial charge on any atom is 0.230 e. The third kappa shape index (κ3) is 3.08. The number of benzene rings is 1. The van der Waals surface area contributed by atoms with Gasteiger partial charge < -0.3 is 5.32 Å². The molecule has 1 aromatic carbocycles. The molecular weight excluding hydrogens is 318 g/mol. The molecule has 0 aliphatic heterocycles. The van der Waals surface area contributed by atoms with Gasteiger partial charge in [0.05, 0.1) is 11.4 Å². The maximum atomic E-state index is 11.2. The third-order valence-electron chi connectivity index (χ3n) is 2.12.